The van der Waals surface area contributed by atoms with Crippen molar-refractivity contribution in [1.82, 2.24) is 5.32 Å². The second kappa shape index (κ2) is 6.51. The van der Waals surface area contributed by atoms with Gasteiger partial charge in [-0.15, -0.1) is 0 Å². The summed E-state index contributed by atoms with van der Waals surface area (Å²) in [6, 6.07) is 13.1. The van der Waals surface area contributed by atoms with E-state index in [2.05, 4.69) is 5.32 Å². The fraction of sp³-hybridized carbons (Fsp3) is 0.133. The van der Waals surface area contributed by atoms with Crippen LogP contribution in [0.5, 0.6) is 5.75 Å². The van der Waals surface area contributed by atoms with Gasteiger partial charge in [0.1, 0.15) is 5.75 Å². The topological polar surface area (TPSA) is 81.5 Å². The lowest BCUT2D eigenvalue weighted by Crippen LogP contribution is -2.26. The summed E-state index contributed by atoms with van der Waals surface area (Å²) < 4.78 is 5.03. The van der Waals surface area contributed by atoms with E-state index in [4.69, 9.17) is 4.74 Å². The van der Waals surface area contributed by atoms with Crippen LogP contribution in [0.4, 0.5) is 10.5 Å². The number of nitrogens with one attached hydrogen (secondary N) is 1. The van der Waals surface area contributed by atoms with Crippen molar-refractivity contribution in [3.05, 3.63) is 69.8 Å². The normalized spacial score (nSPS) is 9.95. The number of nitro benzene ring substituents is 1. The molecule has 2 aromatic rings. The van der Waals surface area contributed by atoms with Crippen molar-refractivity contribution in [2.24, 2.45) is 0 Å². The molecule has 0 aromatic heterocycles. The lowest BCUT2D eigenvalue weighted by atomic mass is 10.1. The number of nitrogens with zero attached hydrogens (tertiary/aromatic N) is 1. The van der Waals surface area contributed by atoms with E-state index in [0.29, 0.717) is 6.54 Å². The molecule has 0 aliphatic rings. The number of hydrogen-bond acceptors (Lipinski definition) is 4. The van der Waals surface area contributed by atoms with Gasteiger partial charge in [-0.3, -0.25) is 10.1 Å². The number of hydrogen-bond donors (Lipinski definition) is 1. The van der Waals surface area contributed by atoms with E-state index in [1.807, 2.05) is 31.2 Å². The summed E-state index contributed by atoms with van der Waals surface area (Å²) in [5, 5.41) is 13.1. The van der Waals surface area contributed by atoms with Crippen LogP contribution in [0.2, 0.25) is 0 Å². The molecule has 0 unspecified atom stereocenters. The van der Waals surface area contributed by atoms with Gasteiger partial charge in [-0.25, -0.2) is 4.79 Å². The van der Waals surface area contributed by atoms with Gasteiger partial charge >= 0.3 is 6.09 Å². The van der Waals surface area contributed by atoms with Gasteiger partial charge < -0.3 is 10.1 Å². The average Bonchev–Trinajstić information content (AvgIpc) is 2.46. The fourth-order valence-corrected chi connectivity index (χ4v) is 1.78. The first-order valence-electron chi connectivity index (χ1n) is 6.30. The molecule has 2 aromatic carbocycles. The Hall–Kier alpha value is -2.89. The number of nitro groups is 1. The van der Waals surface area contributed by atoms with Gasteiger partial charge in [0.15, 0.2) is 0 Å². The number of aryl methyl sites for hydroxylation is 1. The molecule has 0 heterocycles. The maximum Gasteiger partial charge on any atom is 0.412 e. The Morgan fingerprint density at radius 1 is 1.24 bits per heavy atom. The van der Waals surface area contributed by atoms with Gasteiger partial charge in [0.2, 0.25) is 0 Å². The third-order valence-corrected chi connectivity index (χ3v) is 2.78. The molecule has 0 atom stereocenters. The van der Waals surface area contributed by atoms with Crippen molar-refractivity contribution >= 4 is 11.8 Å². The number of amides is 1. The van der Waals surface area contributed by atoms with E-state index >= 15 is 0 Å². The minimum atomic E-state index is -0.606. The molecular formula is C15H14N2O4. The highest BCUT2D eigenvalue weighted by atomic mass is 16.6. The Balaban J connectivity index is 1.88. The third kappa shape index (κ3) is 4.31. The molecule has 0 saturated heterocycles. The van der Waals surface area contributed by atoms with E-state index in [0.717, 1.165) is 11.1 Å². The Morgan fingerprint density at radius 3 is 2.57 bits per heavy atom. The van der Waals surface area contributed by atoms with Crippen LogP contribution < -0.4 is 10.1 Å². The number of benzene rings is 2. The zero-order valence-corrected chi connectivity index (χ0v) is 11.4. The van der Waals surface area contributed by atoms with Gasteiger partial charge in [-0.05, 0) is 24.6 Å². The molecule has 0 aliphatic heterocycles. The van der Waals surface area contributed by atoms with Crippen LogP contribution in [-0.4, -0.2) is 11.0 Å². The fourth-order valence-electron chi connectivity index (χ4n) is 1.78. The van der Waals surface area contributed by atoms with Crippen molar-refractivity contribution < 1.29 is 14.5 Å². The summed E-state index contributed by atoms with van der Waals surface area (Å²) >= 11 is 0. The highest BCUT2D eigenvalue weighted by Gasteiger charge is 2.07. The molecule has 0 fully saturated rings. The summed E-state index contributed by atoms with van der Waals surface area (Å²) in [6.07, 6.45) is -0.606. The SMILES string of the molecule is Cc1cccc(CNC(=O)Oc2ccc([N+](=O)[O-])cc2)c1. The Bertz CT molecular complexity index is 653. The van der Waals surface area contributed by atoms with Crippen LogP contribution in [-0.2, 0) is 6.54 Å². The van der Waals surface area contributed by atoms with Crippen molar-refractivity contribution in [1.29, 1.82) is 0 Å². The summed E-state index contributed by atoms with van der Waals surface area (Å²) in [6.45, 7) is 2.33. The lowest BCUT2D eigenvalue weighted by molar-refractivity contribution is -0.384. The largest absolute Gasteiger partial charge is 0.412 e. The predicted molar refractivity (Wildman–Crippen MR) is 77.1 cm³/mol. The van der Waals surface area contributed by atoms with Gasteiger partial charge in [0, 0.05) is 18.7 Å². The highest BCUT2D eigenvalue weighted by molar-refractivity contribution is 5.70. The van der Waals surface area contributed by atoms with Crippen molar-refractivity contribution in [3.63, 3.8) is 0 Å². The van der Waals surface area contributed by atoms with Crippen molar-refractivity contribution in [3.8, 4) is 5.75 Å². The first kappa shape index (κ1) is 14.5. The smallest absolute Gasteiger partial charge is 0.410 e. The number of rotatable bonds is 4. The maximum absolute atomic E-state index is 11.6. The summed E-state index contributed by atoms with van der Waals surface area (Å²) in [5.41, 5.74) is 2.02. The van der Waals surface area contributed by atoms with E-state index in [-0.39, 0.29) is 11.4 Å². The summed E-state index contributed by atoms with van der Waals surface area (Å²) in [4.78, 5) is 21.6. The van der Waals surface area contributed by atoms with Gasteiger partial charge in [0.05, 0.1) is 4.92 Å². The molecule has 21 heavy (non-hydrogen) atoms. The van der Waals surface area contributed by atoms with Crippen molar-refractivity contribution in [2.45, 2.75) is 13.5 Å². The highest BCUT2D eigenvalue weighted by Crippen LogP contribution is 2.17. The Kier molecular flexibility index (Phi) is 4.50. The Labute approximate surface area is 121 Å². The zero-order chi connectivity index (χ0) is 15.2. The van der Waals surface area contributed by atoms with Gasteiger partial charge in [-0.2, -0.15) is 0 Å². The molecule has 108 valence electrons. The summed E-state index contributed by atoms with van der Waals surface area (Å²) in [7, 11) is 0. The average molecular weight is 286 g/mol. The maximum atomic E-state index is 11.6. The molecule has 0 radical (unpaired) electrons. The van der Waals surface area contributed by atoms with Crippen LogP contribution >= 0.6 is 0 Å². The first-order chi connectivity index (χ1) is 10.0. The predicted octanol–water partition coefficient (Wildman–Crippen LogP) is 3.19. The minimum Gasteiger partial charge on any atom is -0.410 e. The van der Waals surface area contributed by atoms with Crippen LogP contribution in [0.15, 0.2) is 48.5 Å². The number of carbonyl (C=O) groups excluding carboxylic acids is 1. The lowest BCUT2D eigenvalue weighted by Gasteiger charge is -2.07. The number of carbonyl (C=O) groups is 1. The van der Waals surface area contributed by atoms with Crippen LogP contribution in [0.3, 0.4) is 0 Å². The standard InChI is InChI=1S/C15H14N2O4/c1-11-3-2-4-12(9-11)10-16-15(18)21-14-7-5-13(6-8-14)17(19)20/h2-9H,10H2,1H3,(H,16,18). The van der Waals surface area contributed by atoms with E-state index in [1.54, 1.807) is 0 Å². The molecular weight excluding hydrogens is 272 g/mol. The number of ether oxygens (including phenoxy) is 1. The van der Waals surface area contributed by atoms with Crippen LogP contribution in [0, 0.1) is 17.0 Å². The zero-order valence-electron chi connectivity index (χ0n) is 11.4. The van der Waals surface area contributed by atoms with E-state index in [1.165, 1.54) is 24.3 Å². The second-order valence-electron chi connectivity index (χ2n) is 4.48. The van der Waals surface area contributed by atoms with E-state index in [9.17, 15) is 14.9 Å². The molecule has 0 aliphatic carbocycles. The molecule has 0 saturated carbocycles. The Morgan fingerprint density at radius 2 is 1.95 bits per heavy atom. The third-order valence-electron chi connectivity index (χ3n) is 2.78. The molecule has 1 N–H and O–H groups in total. The monoisotopic (exact) mass is 286 g/mol. The molecule has 6 nitrogen and oxygen atoms in total. The molecule has 0 spiro atoms. The quantitative estimate of drug-likeness (QED) is 0.691. The second-order valence-corrected chi connectivity index (χ2v) is 4.48. The van der Waals surface area contributed by atoms with Crippen LogP contribution in [0.1, 0.15) is 11.1 Å². The first-order valence-corrected chi connectivity index (χ1v) is 6.30. The molecule has 2 rings (SSSR count). The molecule has 6 heteroatoms. The summed E-state index contributed by atoms with van der Waals surface area (Å²) in [5.74, 6) is 0.252. The van der Waals surface area contributed by atoms with Crippen LogP contribution in [0.25, 0.3) is 0 Å². The van der Waals surface area contributed by atoms with Gasteiger partial charge in [0.25, 0.3) is 5.69 Å². The van der Waals surface area contributed by atoms with Gasteiger partial charge in [-0.1, -0.05) is 29.8 Å². The van der Waals surface area contributed by atoms with E-state index < -0.39 is 11.0 Å². The minimum absolute atomic E-state index is 0.0532. The molecule has 1 amide bonds. The number of non-ortho nitro benzene ring substituents is 1. The van der Waals surface area contributed by atoms with Crippen molar-refractivity contribution in [2.75, 3.05) is 0 Å². The molecule has 0 bridgehead atoms.